The average Bonchev–Trinajstić information content (AvgIpc) is 2.62. The highest BCUT2D eigenvalue weighted by molar-refractivity contribution is 7.89. The molecule has 3 N–H and O–H groups in total. The van der Waals surface area contributed by atoms with Gasteiger partial charge in [0.1, 0.15) is 5.76 Å². The van der Waals surface area contributed by atoms with Gasteiger partial charge in [0.25, 0.3) is 10.0 Å². The van der Waals surface area contributed by atoms with Crippen molar-refractivity contribution in [1.29, 1.82) is 0 Å². The molecule has 1 aliphatic carbocycles. The molecule has 0 bridgehead atoms. The Hall–Kier alpha value is -0.850. The molecule has 0 aromatic carbocycles. The van der Waals surface area contributed by atoms with Crippen LogP contribution in [0.25, 0.3) is 0 Å². The van der Waals surface area contributed by atoms with Crippen LogP contribution in [0.4, 0.5) is 0 Å². The Morgan fingerprint density at radius 2 is 2.24 bits per heavy atom. The highest BCUT2D eigenvalue weighted by atomic mass is 32.2. The van der Waals surface area contributed by atoms with Crippen LogP contribution in [0, 0.1) is 5.92 Å². The molecule has 0 aliphatic heterocycles. The van der Waals surface area contributed by atoms with Crippen molar-refractivity contribution in [3.63, 3.8) is 0 Å². The highest BCUT2D eigenvalue weighted by Crippen LogP contribution is 2.30. The van der Waals surface area contributed by atoms with E-state index in [1.165, 1.54) is 12.5 Å². The molecule has 5 nitrogen and oxygen atoms in total. The van der Waals surface area contributed by atoms with Crippen LogP contribution in [0.1, 0.15) is 31.9 Å². The molecule has 1 aromatic heterocycles. The third-order valence-corrected chi connectivity index (χ3v) is 4.73. The lowest BCUT2D eigenvalue weighted by molar-refractivity contribution is 0.259. The Bertz CT molecular complexity index is 477. The Morgan fingerprint density at radius 3 is 2.71 bits per heavy atom. The van der Waals surface area contributed by atoms with Gasteiger partial charge in [-0.2, -0.15) is 0 Å². The molecule has 1 unspecified atom stereocenters. The van der Waals surface area contributed by atoms with Gasteiger partial charge >= 0.3 is 0 Å². The smallest absolute Gasteiger partial charge is 0.274 e. The van der Waals surface area contributed by atoms with E-state index in [2.05, 4.69) is 4.72 Å². The summed E-state index contributed by atoms with van der Waals surface area (Å²) in [6.07, 6.45) is 3.38. The van der Waals surface area contributed by atoms with Crippen molar-refractivity contribution in [3.8, 4) is 0 Å². The molecule has 1 heterocycles. The van der Waals surface area contributed by atoms with Gasteiger partial charge in [-0.05, 0) is 37.8 Å². The molecule has 0 amide bonds. The molecule has 1 saturated carbocycles. The van der Waals surface area contributed by atoms with E-state index in [1.54, 1.807) is 6.07 Å². The quantitative estimate of drug-likeness (QED) is 0.831. The van der Waals surface area contributed by atoms with E-state index in [0.29, 0.717) is 11.7 Å². The van der Waals surface area contributed by atoms with Crippen molar-refractivity contribution in [1.82, 2.24) is 4.72 Å². The second-order valence-electron chi connectivity index (χ2n) is 4.53. The average molecular weight is 258 g/mol. The summed E-state index contributed by atoms with van der Waals surface area (Å²) in [5, 5.41) is -0.0517. The Kier molecular flexibility index (Phi) is 3.56. The van der Waals surface area contributed by atoms with Crippen LogP contribution in [-0.4, -0.2) is 14.5 Å². The first kappa shape index (κ1) is 12.6. The molecule has 1 aliphatic rings. The maximum absolute atomic E-state index is 12.0. The summed E-state index contributed by atoms with van der Waals surface area (Å²) >= 11 is 0. The summed E-state index contributed by atoms with van der Waals surface area (Å²) < 4.78 is 31.7. The van der Waals surface area contributed by atoms with Crippen molar-refractivity contribution in [2.75, 3.05) is 0 Å². The van der Waals surface area contributed by atoms with E-state index in [9.17, 15) is 8.42 Å². The summed E-state index contributed by atoms with van der Waals surface area (Å²) in [7, 11) is -3.54. The van der Waals surface area contributed by atoms with Gasteiger partial charge in [-0.25, -0.2) is 13.1 Å². The fraction of sp³-hybridized carbons (Fsp3) is 0.636. The zero-order valence-corrected chi connectivity index (χ0v) is 10.7. The van der Waals surface area contributed by atoms with Crippen LogP contribution < -0.4 is 10.5 Å². The van der Waals surface area contributed by atoms with Gasteiger partial charge in [0.05, 0.1) is 6.54 Å². The molecule has 0 radical (unpaired) electrons. The van der Waals surface area contributed by atoms with Gasteiger partial charge in [0.2, 0.25) is 5.09 Å². The van der Waals surface area contributed by atoms with Crippen LogP contribution in [0.5, 0.6) is 0 Å². The maximum Gasteiger partial charge on any atom is 0.274 e. The van der Waals surface area contributed by atoms with Crippen molar-refractivity contribution in [2.24, 2.45) is 11.7 Å². The molecule has 17 heavy (non-hydrogen) atoms. The lowest BCUT2D eigenvalue weighted by Crippen LogP contribution is -2.40. The third-order valence-electron chi connectivity index (χ3n) is 3.30. The molecule has 0 saturated heterocycles. The minimum Gasteiger partial charge on any atom is -0.447 e. The van der Waals surface area contributed by atoms with E-state index in [0.717, 1.165) is 12.8 Å². The zero-order chi connectivity index (χ0) is 12.5. The predicted octanol–water partition coefficient (Wildman–Crippen LogP) is 1.21. The molecule has 6 heteroatoms. The number of nitrogens with two attached hydrogens (primary N) is 1. The molecule has 1 fully saturated rings. The number of sulfonamides is 1. The standard InChI is InChI=1S/C11H18N2O3S/c1-8(9-3-2-4-9)13-17(14,15)11-6-5-10(7-12)16-11/h5-6,8-9,13H,2-4,7,12H2,1H3. The van der Waals surface area contributed by atoms with Crippen LogP contribution in [0.3, 0.4) is 0 Å². The summed E-state index contributed by atoms with van der Waals surface area (Å²) in [5.74, 6) is 0.926. The first-order valence-corrected chi connectivity index (χ1v) is 7.32. The summed E-state index contributed by atoms with van der Waals surface area (Å²) in [5.41, 5.74) is 5.38. The van der Waals surface area contributed by atoms with E-state index in [-0.39, 0.29) is 17.7 Å². The monoisotopic (exact) mass is 258 g/mol. The fourth-order valence-electron chi connectivity index (χ4n) is 1.95. The van der Waals surface area contributed by atoms with Crippen LogP contribution >= 0.6 is 0 Å². The Balaban J connectivity index is 2.07. The molecule has 96 valence electrons. The number of furan rings is 1. The summed E-state index contributed by atoms with van der Waals surface area (Å²) in [6.45, 7) is 2.10. The summed E-state index contributed by atoms with van der Waals surface area (Å²) in [4.78, 5) is 0. The predicted molar refractivity (Wildman–Crippen MR) is 63.7 cm³/mol. The first-order valence-electron chi connectivity index (χ1n) is 5.84. The topological polar surface area (TPSA) is 85.3 Å². The van der Waals surface area contributed by atoms with Crippen molar-refractivity contribution >= 4 is 10.0 Å². The molecule has 2 rings (SSSR count). The number of nitrogens with one attached hydrogen (secondary N) is 1. The maximum atomic E-state index is 12.0. The normalized spacial score (nSPS) is 18.9. The number of rotatable bonds is 5. The third kappa shape index (κ3) is 2.70. The minimum atomic E-state index is -3.54. The van der Waals surface area contributed by atoms with Crippen molar-refractivity contribution in [2.45, 2.75) is 43.9 Å². The van der Waals surface area contributed by atoms with E-state index >= 15 is 0 Å². The van der Waals surface area contributed by atoms with Crippen LogP contribution in [0.2, 0.25) is 0 Å². The lowest BCUT2D eigenvalue weighted by Gasteiger charge is -2.31. The van der Waals surface area contributed by atoms with Gasteiger partial charge in [-0.3, -0.25) is 0 Å². The number of hydrogen-bond donors (Lipinski definition) is 2. The van der Waals surface area contributed by atoms with Gasteiger partial charge in [0, 0.05) is 6.04 Å². The molecule has 1 aromatic rings. The zero-order valence-electron chi connectivity index (χ0n) is 9.85. The van der Waals surface area contributed by atoms with Crippen molar-refractivity contribution < 1.29 is 12.8 Å². The van der Waals surface area contributed by atoms with E-state index < -0.39 is 10.0 Å². The highest BCUT2D eigenvalue weighted by Gasteiger charge is 2.29. The Labute approximate surface area is 101 Å². The minimum absolute atomic E-state index is 0.0415. The molecular weight excluding hydrogens is 240 g/mol. The largest absolute Gasteiger partial charge is 0.447 e. The Morgan fingerprint density at radius 1 is 1.53 bits per heavy atom. The van der Waals surface area contributed by atoms with Crippen molar-refractivity contribution in [3.05, 3.63) is 17.9 Å². The molecule has 1 atom stereocenters. The molecule has 0 spiro atoms. The van der Waals surface area contributed by atoms with E-state index in [4.69, 9.17) is 10.2 Å². The van der Waals surface area contributed by atoms with Gasteiger partial charge in [-0.15, -0.1) is 0 Å². The van der Waals surface area contributed by atoms with Gasteiger partial charge in [-0.1, -0.05) is 6.42 Å². The second-order valence-corrected chi connectivity index (χ2v) is 6.17. The van der Waals surface area contributed by atoms with Crippen LogP contribution in [-0.2, 0) is 16.6 Å². The number of hydrogen-bond acceptors (Lipinski definition) is 4. The van der Waals surface area contributed by atoms with Gasteiger partial charge < -0.3 is 10.2 Å². The lowest BCUT2D eigenvalue weighted by atomic mass is 9.81. The SMILES string of the molecule is CC(NS(=O)(=O)c1ccc(CN)o1)C1CCC1. The second kappa shape index (κ2) is 4.80. The van der Waals surface area contributed by atoms with E-state index in [1.807, 2.05) is 6.92 Å². The fourth-order valence-corrected chi connectivity index (χ4v) is 3.21. The van der Waals surface area contributed by atoms with Gasteiger partial charge in [0.15, 0.2) is 0 Å². The molecular formula is C11H18N2O3S. The first-order chi connectivity index (χ1) is 8.03. The van der Waals surface area contributed by atoms with Crippen LogP contribution in [0.15, 0.2) is 21.6 Å². The summed E-state index contributed by atoms with van der Waals surface area (Å²) in [6, 6.07) is 2.99.